The Bertz CT molecular complexity index is 1720. The fourth-order valence-corrected chi connectivity index (χ4v) is 10.2. The van der Waals surface area contributed by atoms with E-state index in [2.05, 4.69) is 16.4 Å². The number of hydrogen-bond donors (Lipinski definition) is 1. The number of aromatic nitrogens is 3. The van der Waals surface area contributed by atoms with Gasteiger partial charge in [-0.1, -0.05) is 85.8 Å². The van der Waals surface area contributed by atoms with Crippen LogP contribution < -0.4 is 0 Å². The molecule has 4 aliphatic heterocycles. The van der Waals surface area contributed by atoms with Crippen LogP contribution in [0.5, 0.6) is 0 Å². The van der Waals surface area contributed by atoms with Gasteiger partial charge in [-0.2, -0.15) is 0 Å². The van der Waals surface area contributed by atoms with Gasteiger partial charge in [-0.3, -0.25) is 14.4 Å². The first-order valence-electron chi connectivity index (χ1n) is 16.0. The number of aliphatic hydroxyl groups excluding tert-OH is 1. The van der Waals surface area contributed by atoms with Crippen molar-refractivity contribution in [3.05, 3.63) is 84.5 Å². The molecule has 0 saturated carbocycles. The predicted octanol–water partition coefficient (Wildman–Crippen LogP) is 3.48. The minimum Gasteiger partial charge on any atom is -0.394 e. The van der Waals surface area contributed by atoms with Gasteiger partial charge in [-0.25, -0.2) is 4.68 Å². The molecule has 1 unspecified atom stereocenters. The monoisotopic (exact) mass is 640 g/mol. The second kappa shape index (κ2) is 11.7. The van der Waals surface area contributed by atoms with E-state index in [4.69, 9.17) is 0 Å². The van der Waals surface area contributed by atoms with Crippen molar-refractivity contribution in [3.63, 3.8) is 0 Å². The molecule has 5 heterocycles. The maximum absolute atomic E-state index is 14.9. The van der Waals surface area contributed by atoms with Crippen molar-refractivity contribution in [3.8, 4) is 0 Å². The predicted molar refractivity (Wildman–Crippen MR) is 176 cm³/mol. The van der Waals surface area contributed by atoms with E-state index in [1.807, 2.05) is 98.5 Å². The minimum absolute atomic E-state index is 0.0832. The van der Waals surface area contributed by atoms with E-state index in [-0.39, 0.29) is 36.9 Å². The fourth-order valence-electron chi connectivity index (χ4n) is 8.03. The van der Waals surface area contributed by atoms with Gasteiger partial charge >= 0.3 is 0 Å². The number of hydrogen-bond acceptors (Lipinski definition) is 7. The highest BCUT2D eigenvalue weighted by Crippen LogP contribution is 2.66. The molecule has 46 heavy (non-hydrogen) atoms. The molecule has 3 amide bonds. The Morgan fingerprint density at radius 3 is 2.39 bits per heavy atom. The highest BCUT2D eigenvalue weighted by Gasteiger charge is 2.74. The molecule has 4 aliphatic rings. The molecule has 2 fully saturated rings. The van der Waals surface area contributed by atoms with Crippen LogP contribution in [0, 0.1) is 17.8 Å². The molecule has 240 valence electrons. The van der Waals surface area contributed by atoms with Crippen molar-refractivity contribution in [2.45, 2.75) is 62.0 Å². The Morgan fingerprint density at radius 1 is 0.913 bits per heavy atom. The van der Waals surface area contributed by atoms with E-state index in [1.54, 1.807) is 26.2 Å². The number of rotatable bonds is 8. The Kier molecular flexibility index (Phi) is 7.79. The number of likely N-dealkylation sites (tertiary alicyclic amines) is 1. The molecule has 7 rings (SSSR count). The zero-order valence-corrected chi connectivity index (χ0v) is 27.2. The van der Waals surface area contributed by atoms with Gasteiger partial charge in [0, 0.05) is 24.4 Å². The van der Waals surface area contributed by atoms with Gasteiger partial charge in [0.05, 0.1) is 34.7 Å². The van der Waals surface area contributed by atoms with Gasteiger partial charge < -0.3 is 19.8 Å². The zero-order chi connectivity index (χ0) is 32.2. The summed E-state index contributed by atoms with van der Waals surface area (Å²) in [7, 11) is 0. The number of para-hydroxylation sites is 1. The lowest BCUT2D eigenvalue weighted by molar-refractivity contribution is -0.148. The van der Waals surface area contributed by atoms with Crippen LogP contribution in [-0.2, 0) is 27.6 Å². The summed E-state index contributed by atoms with van der Waals surface area (Å²) in [6.07, 6.45) is 8.63. The zero-order valence-electron chi connectivity index (χ0n) is 26.4. The third kappa shape index (κ3) is 4.86. The molecule has 2 aromatic carbocycles. The summed E-state index contributed by atoms with van der Waals surface area (Å²) >= 11 is 1.56. The van der Waals surface area contributed by atoms with Gasteiger partial charge in [0.1, 0.15) is 18.2 Å². The second-order valence-corrected chi connectivity index (χ2v) is 15.3. The van der Waals surface area contributed by atoms with Crippen LogP contribution in [0.1, 0.15) is 32.8 Å². The highest BCUT2D eigenvalue weighted by molar-refractivity contribution is 8.02. The number of aliphatic hydroxyl groups is 1. The van der Waals surface area contributed by atoms with Gasteiger partial charge in [0.2, 0.25) is 17.7 Å². The lowest BCUT2D eigenvalue weighted by Gasteiger charge is -2.40. The van der Waals surface area contributed by atoms with E-state index in [1.165, 1.54) is 0 Å². The van der Waals surface area contributed by atoms with Gasteiger partial charge in [0.15, 0.2) is 0 Å². The average molecular weight is 641 g/mol. The largest absolute Gasteiger partial charge is 0.394 e. The summed E-state index contributed by atoms with van der Waals surface area (Å²) in [5.74, 6) is -1.80. The molecule has 2 saturated heterocycles. The van der Waals surface area contributed by atoms with Crippen molar-refractivity contribution in [1.82, 2.24) is 29.7 Å². The maximum Gasteiger partial charge on any atom is 0.248 e. The molecule has 1 N–H and O–H groups in total. The van der Waals surface area contributed by atoms with E-state index in [9.17, 15) is 19.5 Å². The van der Waals surface area contributed by atoms with Crippen molar-refractivity contribution < 1.29 is 19.5 Å². The van der Waals surface area contributed by atoms with Crippen LogP contribution in [0.4, 0.5) is 0 Å². The third-order valence-electron chi connectivity index (χ3n) is 9.95. The summed E-state index contributed by atoms with van der Waals surface area (Å²) in [4.78, 5) is 49.5. The molecular weight excluding hydrogens is 600 g/mol. The molecule has 1 aromatic heterocycles. The fraction of sp³-hybridized carbons (Fsp3) is 0.457. The summed E-state index contributed by atoms with van der Waals surface area (Å²) in [5, 5.41) is 19.3. The Hall–Kier alpha value is -3.96. The quantitative estimate of drug-likeness (QED) is 0.376. The maximum atomic E-state index is 14.9. The summed E-state index contributed by atoms with van der Waals surface area (Å²) in [6.45, 7) is 7.21. The first kappa shape index (κ1) is 30.7. The van der Waals surface area contributed by atoms with Crippen molar-refractivity contribution in [2.75, 3.05) is 19.7 Å². The number of carbonyl (C=O) groups is 3. The topological polar surface area (TPSA) is 112 Å². The van der Waals surface area contributed by atoms with E-state index >= 15 is 0 Å². The molecule has 0 radical (unpaired) electrons. The Balaban J connectivity index is 1.30. The van der Waals surface area contributed by atoms with E-state index in [0.29, 0.717) is 26.1 Å². The lowest BCUT2D eigenvalue weighted by atomic mass is 9.74. The van der Waals surface area contributed by atoms with Crippen molar-refractivity contribution in [2.24, 2.45) is 17.8 Å². The first-order valence-corrected chi connectivity index (χ1v) is 16.9. The third-order valence-corrected chi connectivity index (χ3v) is 11.7. The average Bonchev–Trinajstić information content (AvgIpc) is 3.58. The summed E-state index contributed by atoms with van der Waals surface area (Å²) in [5.41, 5.74) is 2.56. The Morgan fingerprint density at radius 2 is 1.63 bits per heavy atom. The standard InChI is InChI=1S/C35H40N6O4S/c1-23(2)19-25(21-42)41-30-33(45)39(22-40-27-14-8-7-13-26(27)36-37-40)18-10-16-35(30)29(32(41)44)28-31(43)38(17-9-15-34(28,3)46-35)20-24-11-5-4-6-12-24/h4-16,23,25,28-30,42H,17-22H2,1-3H3/t25-,28-,29+,30?,34+,35+/m1/s1. The van der Waals surface area contributed by atoms with Crippen LogP contribution in [0.15, 0.2) is 78.9 Å². The molecule has 0 bridgehead atoms. The Labute approximate surface area is 273 Å². The smallest absolute Gasteiger partial charge is 0.248 e. The van der Waals surface area contributed by atoms with Crippen LogP contribution >= 0.6 is 11.8 Å². The van der Waals surface area contributed by atoms with Crippen LogP contribution in [0.25, 0.3) is 11.0 Å². The molecule has 11 heteroatoms. The van der Waals surface area contributed by atoms with Crippen LogP contribution in [0.3, 0.4) is 0 Å². The molecular formula is C35H40N6O4S. The van der Waals surface area contributed by atoms with Gasteiger partial charge in [-0.05, 0) is 37.0 Å². The molecule has 3 aromatic rings. The highest BCUT2D eigenvalue weighted by atomic mass is 32.2. The van der Waals surface area contributed by atoms with Crippen molar-refractivity contribution >= 4 is 40.5 Å². The number of thioether (sulfide) groups is 1. The number of benzene rings is 2. The second-order valence-electron chi connectivity index (χ2n) is 13.5. The molecule has 0 aliphatic carbocycles. The van der Waals surface area contributed by atoms with Crippen LogP contribution in [0.2, 0.25) is 0 Å². The first-order chi connectivity index (χ1) is 22.2. The summed E-state index contributed by atoms with van der Waals surface area (Å²) in [6, 6.07) is 16.0. The lowest BCUT2D eigenvalue weighted by Crippen LogP contribution is -2.57. The molecule has 6 atom stereocenters. The number of carbonyl (C=O) groups excluding carboxylic acids is 3. The molecule has 10 nitrogen and oxygen atoms in total. The number of amides is 3. The normalized spacial score (nSPS) is 29.7. The molecule has 1 spiro atoms. The van der Waals surface area contributed by atoms with Gasteiger partial charge in [0.25, 0.3) is 0 Å². The van der Waals surface area contributed by atoms with Gasteiger partial charge in [-0.15, -0.1) is 16.9 Å². The minimum atomic E-state index is -0.993. The van der Waals surface area contributed by atoms with Crippen molar-refractivity contribution in [1.29, 1.82) is 0 Å². The SMILES string of the molecule is CC(C)C[C@H](CO)N1C(=O)[C@@H]2[C@@H]3C(=O)N(Cc4ccccc4)CC=C[C@]3(C)S[C@@]23C=CCN(Cn2nnc4ccccc42)C(=O)C13. The van der Waals surface area contributed by atoms with E-state index in [0.717, 1.165) is 16.6 Å². The number of fused-ring (bicyclic) bond motifs is 3. The number of nitrogens with zero attached hydrogens (tertiary/aromatic N) is 6. The van der Waals surface area contributed by atoms with E-state index < -0.39 is 33.4 Å². The summed E-state index contributed by atoms with van der Waals surface area (Å²) < 4.78 is 0.00480. The van der Waals surface area contributed by atoms with Crippen LogP contribution in [-0.4, -0.2) is 93.8 Å².